The van der Waals surface area contributed by atoms with Crippen LogP contribution in [0.1, 0.15) is 45.3 Å². The van der Waals surface area contributed by atoms with E-state index in [1.54, 1.807) is 0 Å². The van der Waals surface area contributed by atoms with Crippen molar-refractivity contribution in [1.29, 1.82) is 0 Å². The van der Waals surface area contributed by atoms with Crippen LogP contribution >= 0.6 is 11.6 Å². The normalized spacial score (nSPS) is 13.1. The molecule has 0 N–H and O–H groups in total. The van der Waals surface area contributed by atoms with Gasteiger partial charge in [0.1, 0.15) is 0 Å². The molecule has 118 valence electrons. The first kappa shape index (κ1) is 18.5. The van der Waals surface area contributed by atoms with Crippen molar-refractivity contribution in [3.05, 3.63) is 48.0 Å². The van der Waals surface area contributed by atoms with Gasteiger partial charge in [-0.2, -0.15) is 0 Å². The molecular formula is C18H29ClOSi. The van der Waals surface area contributed by atoms with E-state index in [2.05, 4.69) is 51.6 Å². The largest absolute Gasteiger partial charge is 0.406 e. The van der Waals surface area contributed by atoms with E-state index in [9.17, 15) is 0 Å². The van der Waals surface area contributed by atoms with Crippen LogP contribution in [0.3, 0.4) is 0 Å². The first-order valence-corrected chi connectivity index (χ1v) is 11.1. The van der Waals surface area contributed by atoms with Crippen molar-refractivity contribution in [2.75, 3.05) is 5.88 Å². The first-order valence-electron chi connectivity index (χ1n) is 8.08. The molecule has 0 amide bonds. The number of hydrogen-bond acceptors (Lipinski definition) is 1. The predicted octanol–water partition coefficient (Wildman–Crippen LogP) is 6.32. The third kappa shape index (κ3) is 5.28. The van der Waals surface area contributed by atoms with Crippen molar-refractivity contribution in [3.8, 4) is 0 Å². The van der Waals surface area contributed by atoms with Crippen LogP contribution in [-0.2, 0) is 4.43 Å². The molecule has 0 aliphatic heterocycles. The molecule has 1 aromatic rings. The molecule has 0 saturated carbocycles. The lowest BCUT2D eigenvalue weighted by molar-refractivity contribution is 0.221. The maximum Gasteiger partial charge on any atom is 0.193 e. The lowest BCUT2D eigenvalue weighted by Gasteiger charge is -2.34. The molecular weight excluding hydrogens is 296 g/mol. The SMILES string of the molecule is C=C(CCCCl)C(O[Si](CC)(CC)CC)c1ccccc1. The Labute approximate surface area is 136 Å². The summed E-state index contributed by atoms with van der Waals surface area (Å²) in [6.07, 6.45) is 1.93. The molecule has 1 aromatic carbocycles. The summed E-state index contributed by atoms with van der Waals surface area (Å²) < 4.78 is 6.73. The summed E-state index contributed by atoms with van der Waals surface area (Å²) >= 11 is 5.84. The number of halogens is 1. The average molecular weight is 325 g/mol. The second kappa shape index (κ2) is 9.45. The molecule has 0 saturated heterocycles. The molecule has 1 atom stereocenters. The third-order valence-electron chi connectivity index (χ3n) is 4.41. The zero-order chi connectivity index (χ0) is 15.7. The van der Waals surface area contributed by atoms with Crippen LogP contribution in [0.2, 0.25) is 18.1 Å². The molecule has 0 spiro atoms. The van der Waals surface area contributed by atoms with Gasteiger partial charge >= 0.3 is 0 Å². The minimum atomic E-state index is -1.66. The maximum absolute atomic E-state index is 6.73. The van der Waals surface area contributed by atoms with Gasteiger partial charge in [-0.05, 0) is 42.1 Å². The molecule has 3 heteroatoms. The summed E-state index contributed by atoms with van der Waals surface area (Å²) in [5.41, 5.74) is 2.39. The molecule has 0 aliphatic rings. The summed E-state index contributed by atoms with van der Waals surface area (Å²) in [6.45, 7) is 11.1. The van der Waals surface area contributed by atoms with Crippen LogP contribution in [-0.4, -0.2) is 14.2 Å². The van der Waals surface area contributed by atoms with Gasteiger partial charge in [-0.3, -0.25) is 0 Å². The summed E-state index contributed by atoms with van der Waals surface area (Å²) in [5, 5.41) is 0. The minimum absolute atomic E-state index is 0.0286. The second-order valence-corrected chi connectivity index (χ2v) is 10.7. The Hall–Kier alpha value is -0.573. The Morgan fingerprint density at radius 2 is 1.71 bits per heavy atom. The Morgan fingerprint density at radius 3 is 2.19 bits per heavy atom. The molecule has 0 bridgehead atoms. The number of benzene rings is 1. The average Bonchev–Trinajstić information content (AvgIpc) is 2.55. The molecule has 1 unspecified atom stereocenters. The van der Waals surface area contributed by atoms with Crippen molar-refractivity contribution in [3.63, 3.8) is 0 Å². The van der Waals surface area contributed by atoms with E-state index in [1.165, 1.54) is 5.56 Å². The molecule has 0 fully saturated rings. The van der Waals surface area contributed by atoms with Gasteiger partial charge in [0.05, 0.1) is 6.10 Å². The van der Waals surface area contributed by atoms with Gasteiger partial charge < -0.3 is 4.43 Å². The third-order valence-corrected chi connectivity index (χ3v) is 9.27. The zero-order valence-electron chi connectivity index (χ0n) is 13.7. The molecule has 1 nitrogen and oxygen atoms in total. The molecule has 1 rings (SSSR count). The molecule has 0 aliphatic carbocycles. The van der Waals surface area contributed by atoms with Crippen molar-refractivity contribution in [2.24, 2.45) is 0 Å². The summed E-state index contributed by atoms with van der Waals surface area (Å²) in [5.74, 6) is 0.679. The van der Waals surface area contributed by atoms with E-state index in [4.69, 9.17) is 16.0 Å². The van der Waals surface area contributed by atoms with Gasteiger partial charge in [0.2, 0.25) is 0 Å². The fourth-order valence-corrected chi connectivity index (χ4v) is 5.63. The molecule has 0 radical (unpaired) electrons. The van der Waals surface area contributed by atoms with E-state index >= 15 is 0 Å². The highest BCUT2D eigenvalue weighted by Crippen LogP contribution is 2.35. The maximum atomic E-state index is 6.73. The van der Waals surface area contributed by atoms with Crippen LogP contribution in [0.25, 0.3) is 0 Å². The Bertz CT molecular complexity index is 406. The molecule has 0 aromatic heterocycles. The lowest BCUT2D eigenvalue weighted by atomic mass is 10.00. The van der Waals surface area contributed by atoms with E-state index in [1.807, 2.05) is 6.07 Å². The highest BCUT2D eigenvalue weighted by molar-refractivity contribution is 6.73. The van der Waals surface area contributed by atoms with Crippen LogP contribution in [0.4, 0.5) is 0 Å². The quantitative estimate of drug-likeness (QED) is 0.278. The summed E-state index contributed by atoms with van der Waals surface area (Å²) in [6, 6.07) is 14.0. The van der Waals surface area contributed by atoms with Gasteiger partial charge in [0, 0.05) is 5.88 Å². The Morgan fingerprint density at radius 1 is 1.14 bits per heavy atom. The highest BCUT2D eigenvalue weighted by atomic mass is 35.5. The van der Waals surface area contributed by atoms with E-state index in [0.29, 0.717) is 5.88 Å². The first-order chi connectivity index (χ1) is 10.1. The van der Waals surface area contributed by atoms with Gasteiger partial charge in [-0.15, -0.1) is 11.6 Å². The van der Waals surface area contributed by atoms with Crippen molar-refractivity contribution < 1.29 is 4.43 Å². The monoisotopic (exact) mass is 324 g/mol. The fraction of sp³-hybridized carbons (Fsp3) is 0.556. The van der Waals surface area contributed by atoms with Crippen LogP contribution in [0.15, 0.2) is 42.5 Å². The zero-order valence-corrected chi connectivity index (χ0v) is 15.5. The van der Waals surface area contributed by atoms with E-state index in [0.717, 1.165) is 36.5 Å². The van der Waals surface area contributed by atoms with Crippen molar-refractivity contribution in [2.45, 2.75) is 57.8 Å². The van der Waals surface area contributed by atoms with Crippen molar-refractivity contribution >= 4 is 19.9 Å². The Balaban J connectivity index is 2.99. The highest BCUT2D eigenvalue weighted by Gasteiger charge is 2.33. The number of hydrogen-bond donors (Lipinski definition) is 0. The van der Waals surface area contributed by atoms with Crippen LogP contribution in [0.5, 0.6) is 0 Å². The van der Waals surface area contributed by atoms with E-state index in [-0.39, 0.29) is 6.10 Å². The molecule has 21 heavy (non-hydrogen) atoms. The fourth-order valence-electron chi connectivity index (χ4n) is 2.69. The second-order valence-electron chi connectivity index (χ2n) is 5.60. The van der Waals surface area contributed by atoms with Gasteiger partial charge in [-0.25, -0.2) is 0 Å². The standard InChI is InChI=1S/C18H29ClOSi/c1-5-21(6-2,7-3)20-18(16(4)12-11-15-19)17-13-9-8-10-14-17/h8-10,13-14,18H,4-7,11-12,15H2,1-3H3. The lowest BCUT2D eigenvalue weighted by Crippen LogP contribution is -2.37. The molecule has 0 heterocycles. The van der Waals surface area contributed by atoms with Crippen LogP contribution < -0.4 is 0 Å². The summed E-state index contributed by atoms with van der Waals surface area (Å²) in [7, 11) is -1.66. The Kier molecular flexibility index (Phi) is 8.31. The summed E-state index contributed by atoms with van der Waals surface area (Å²) in [4.78, 5) is 0. The van der Waals surface area contributed by atoms with E-state index < -0.39 is 8.32 Å². The van der Waals surface area contributed by atoms with Crippen molar-refractivity contribution in [1.82, 2.24) is 0 Å². The topological polar surface area (TPSA) is 9.23 Å². The smallest absolute Gasteiger partial charge is 0.193 e. The van der Waals surface area contributed by atoms with Crippen LogP contribution in [0, 0.1) is 0 Å². The predicted molar refractivity (Wildman–Crippen MR) is 96.6 cm³/mol. The minimum Gasteiger partial charge on any atom is -0.406 e. The number of alkyl halides is 1. The van der Waals surface area contributed by atoms with Gasteiger partial charge in [-0.1, -0.05) is 57.7 Å². The number of rotatable bonds is 10. The van der Waals surface area contributed by atoms with Gasteiger partial charge in [0.25, 0.3) is 0 Å². The van der Waals surface area contributed by atoms with Gasteiger partial charge in [0.15, 0.2) is 8.32 Å².